The van der Waals surface area contributed by atoms with Crippen molar-refractivity contribution in [2.45, 2.75) is 64.1 Å². The molecule has 1 saturated carbocycles. The van der Waals surface area contributed by atoms with Gasteiger partial charge in [-0.1, -0.05) is 41.6 Å². The minimum absolute atomic E-state index is 0.509. The van der Waals surface area contributed by atoms with E-state index in [1.54, 1.807) is 0 Å². The third-order valence-electron chi connectivity index (χ3n) is 4.15. The molecular formula is C13H23BrO. The lowest BCUT2D eigenvalue weighted by Gasteiger charge is -2.24. The predicted molar refractivity (Wildman–Crippen MR) is 67.4 cm³/mol. The molecule has 0 aromatic rings. The molecule has 0 bridgehead atoms. The molecule has 1 aliphatic heterocycles. The monoisotopic (exact) mass is 274 g/mol. The van der Waals surface area contributed by atoms with Gasteiger partial charge in [-0.05, 0) is 38.0 Å². The molecule has 88 valence electrons. The largest absolute Gasteiger partial charge is 0.375 e. The zero-order chi connectivity index (χ0) is 10.7. The van der Waals surface area contributed by atoms with Crippen molar-refractivity contribution in [1.29, 1.82) is 0 Å². The Bertz CT molecular complexity index is 189. The number of ether oxygens (including phenoxy) is 1. The Balaban J connectivity index is 1.79. The van der Waals surface area contributed by atoms with E-state index in [4.69, 9.17) is 4.74 Å². The van der Waals surface area contributed by atoms with Gasteiger partial charge in [0.15, 0.2) is 0 Å². The number of hydrogen-bond donors (Lipinski definition) is 0. The Morgan fingerprint density at radius 1 is 1.20 bits per heavy atom. The van der Waals surface area contributed by atoms with E-state index in [1.165, 1.54) is 50.3 Å². The van der Waals surface area contributed by atoms with Crippen LogP contribution in [-0.4, -0.2) is 17.5 Å². The molecule has 0 radical (unpaired) electrons. The fourth-order valence-electron chi connectivity index (χ4n) is 3.21. The minimum atomic E-state index is 0.509. The molecule has 0 spiro atoms. The van der Waals surface area contributed by atoms with Crippen LogP contribution in [0.25, 0.3) is 0 Å². The standard InChI is InChI=1S/C13H23BrO/c1-10-6-7-13(15-10)8-12(9-14)11-4-2-3-5-11/h10-13H,2-9H2,1H3. The van der Waals surface area contributed by atoms with Gasteiger partial charge >= 0.3 is 0 Å². The maximum Gasteiger partial charge on any atom is 0.0582 e. The first-order chi connectivity index (χ1) is 7.29. The molecule has 15 heavy (non-hydrogen) atoms. The lowest BCUT2D eigenvalue weighted by molar-refractivity contribution is 0.0374. The van der Waals surface area contributed by atoms with E-state index in [0.717, 1.165) is 11.8 Å². The van der Waals surface area contributed by atoms with Crippen LogP contribution >= 0.6 is 15.9 Å². The molecule has 0 aromatic carbocycles. The van der Waals surface area contributed by atoms with E-state index in [1.807, 2.05) is 0 Å². The molecule has 0 aromatic heterocycles. The highest BCUT2D eigenvalue weighted by molar-refractivity contribution is 9.09. The summed E-state index contributed by atoms with van der Waals surface area (Å²) in [5.74, 6) is 1.84. The van der Waals surface area contributed by atoms with Crippen LogP contribution in [0.3, 0.4) is 0 Å². The Hall–Kier alpha value is 0.440. The first kappa shape index (κ1) is 11.9. The average molecular weight is 275 g/mol. The van der Waals surface area contributed by atoms with Gasteiger partial charge in [0, 0.05) is 5.33 Å². The normalized spacial score (nSPS) is 34.8. The van der Waals surface area contributed by atoms with Gasteiger partial charge in [0.05, 0.1) is 12.2 Å². The summed E-state index contributed by atoms with van der Waals surface area (Å²) >= 11 is 3.69. The fraction of sp³-hybridized carbons (Fsp3) is 1.00. The molecule has 0 N–H and O–H groups in total. The third-order valence-corrected chi connectivity index (χ3v) is 4.98. The van der Waals surface area contributed by atoms with E-state index < -0.39 is 0 Å². The summed E-state index contributed by atoms with van der Waals surface area (Å²) in [6.07, 6.45) is 10.7. The van der Waals surface area contributed by atoms with Crippen LogP contribution in [0.5, 0.6) is 0 Å². The molecule has 1 saturated heterocycles. The number of rotatable bonds is 4. The van der Waals surface area contributed by atoms with Gasteiger partial charge in [-0.15, -0.1) is 0 Å². The van der Waals surface area contributed by atoms with Crippen molar-refractivity contribution in [2.75, 3.05) is 5.33 Å². The number of halogens is 1. The average Bonchev–Trinajstić information content (AvgIpc) is 2.85. The summed E-state index contributed by atoms with van der Waals surface area (Å²) in [5, 5.41) is 1.17. The molecule has 3 atom stereocenters. The van der Waals surface area contributed by atoms with Crippen molar-refractivity contribution >= 4 is 15.9 Å². The molecular weight excluding hydrogens is 252 g/mol. The summed E-state index contributed by atoms with van der Waals surface area (Å²) in [6.45, 7) is 2.21. The summed E-state index contributed by atoms with van der Waals surface area (Å²) in [7, 11) is 0. The van der Waals surface area contributed by atoms with Crippen LogP contribution in [-0.2, 0) is 4.74 Å². The Kier molecular flexibility index (Phi) is 4.51. The van der Waals surface area contributed by atoms with Crippen LogP contribution in [0.2, 0.25) is 0 Å². The molecule has 2 fully saturated rings. The molecule has 2 heteroatoms. The highest BCUT2D eigenvalue weighted by Gasteiger charge is 2.29. The number of alkyl halides is 1. The predicted octanol–water partition coefficient (Wildman–Crippen LogP) is 4.15. The van der Waals surface area contributed by atoms with Gasteiger partial charge in [-0.25, -0.2) is 0 Å². The van der Waals surface area contributed by atoms with Gasteiger partial charge in [-0.2, -0.15) is 0 Å². The van der Waals surface area contributed by atoms with Crippen LogP contribution in [0, 0.1) is 11.8 Å². The molecule has 1 heterocycles. The van der Waals surface area contributed by atoms with Crippen LogP contribution in [0.4, 0.5) is 0 Å². The van der Waals surface area contributed by atoms with Crippen molar-refractivity contribution < 1.29 is 4.74 Å². The van der Waals surface area contributed by atoms with E-state index in [9.17, 15) is 0 Å². The van der Waals surface area contributed by atoms with Crippen LogP contribution in [0.15, 0.2) is 0 Å². The van der Waals surface area contributed by atoms with Crippen molar-refractivity contribution in [3.63, 3.8) is 0 Å². The van der Waals surface area contributed by atoms with Crippen LogP contribution in [0.1, 0.15) is 51.9 Å². The summed E-state index contributed by atoms with van der Waals surface area (Å²) in [6, 6.07) is 0. The van der Waals surface area contributed by atoms with Gasteiger partial charge < -0.3 is 4.74 Å². The maximum atomic E-state index is 5.93. The van der Waals surface area contributed by atoms with Crippen LogP contribution < -0.4 is 0 Å². The second-order valence-electron chi connectivity index (χ2n) is 5.34. The summed E-state index contributed by atoms with van der Waals surface area (Å²) in [5.41, 5.74) is 0. The van der Waals surface area contributed by atoms with Crippen molar-refractivity contribution in [1.82, 2.24) is 0 Å². The quantitative estimate of drug-likeness (QED) is 0.700. The number of hydrogen-bond acceptors (Lipinski definition) is 1. The lowest BCUT2D eigenvalue weighted by atomic mass is 9.87. The minimum Gasteiger partial charge on any atom is -0.375 e. The van der Waals surface area contributed by atoms with Crippen molar-refractivity contribution in [3.8, 4) is 0 Å². The molecule has 1 aliphatic carbocycles. The zero-order valence-electron chi connectivity index (χ0n) is 9.75. The maximum absolute atomic E-state index is 5.93. The summed E-state index contributed by atoms with van der Waals surface area (Å²) in [4.78, 5) is 0. The molecule has 0 amide bonds. The van der Waals surface area contributed by atoms with Crippen molar-refractivity contribution in [2.24, 2.45) is 11.8 Å². The zero-order valence-corrected chi connectivity index (χ0v) is 11.3. The van der Waals surface area contributed by atoms with E-state index >= 15 is 0 Å². The Morgan fingerprint density at radius 2 is 1.93 bits per heavy atom. The topological polar surface area (TPSA) is 9.23 Å². The third kappa shape index (κ3) is 3.20. The highest BCUT2D eigenvalue weighted by atomic mass is 79.9. The molecule has 1 nitrogen and oxygen atoms in total. The molecule has 3 unspecified atom stereocenters. The first-order valence-corrected chi connectivity index (χ1v) is 7.63. The second kappa shape index (κ2) is 5.67. The Morgan fingerprint density at radius 3 is 2.47 bits per heavy atom. The van der Waals surface area contributed by atoms with Gasteiger partial charge in [0.25, 0.3) is 0 Å². The summed E-state index contributed by atoms with van der Waals surface area (Å²) < 4.78 is 5.93. The smallest absolute Gasteiger partial charge is 0.0582 e. The van der Waals surface area contributed by atoms with Gasteiger partial charge in [-0.3, -0.25) is 0 Å². The van der Waals surface area contributed by atoms with Crippen molar-refractivity contribution in [3.05, 3.63) is 0 Å². The highest BCUT2D eigenvalue weighted by Crippen LogP contribution is 2.37. The first-order valence-electron chi connectivity index (χ1n) is 6.51. The van der Waals surface area contributed by atoms with Gasteiger partial charge in [0.1, 0.15) is 0 Å². The van der Waals surface area contributed by atoms with E-state index in [0.29, 0.717) is 12.2 Å². The molecule has 2 rings (SSSR count). The Labute approximate surface area is 102 Å². The molecule has 2 aliphatic rings. The second-order valence-corrected chi connectivity index (χ2v) is 5.99. The SMILES string of the molecule is CC1CCC(CC(CBr)C2CCCC2)O1. The fourth-order valence-corrected chi connectivity index (χ4v) is 4.00. The van der Waals surface area contributed by atoms with E-state index in [2.05, 4.69) is 22.9 Å². The van der Waals surface area contributed by atoms with E-state index in [-0.39, 0.29) is 0 Å². The lowest BCUT2D eigenvalue weighted by Crippen LogP contribution is -2.21. The van der Waals surface area contributed by atoms with Gasteiger partial charge in [0.2, 0.25) is 0 Å².